The number of carbonyl (C=O) groups is 1. The SMILES string of the molecule is Cc1ccc(C)c(OCCCC(=O)NC[C@H]2CCCO2)c1. The molecule has 116 valence electrons. The van der Waals surface area contributed by atoms with Crippen LogP contribution < -0.4 is 10.1 Å². The molecule has 1 N–H and O–H groups in total. The van der Waals surface area contributed by atoms with Crippen molar-refractivity contribution in [1.82, 2.24) is 5.32 Å². The van der Waals surface area contributed by atoms with E-state index in [1.165, 1.54) is 5.56 Å². The summed E-state index contributed by atoms with van der Waals surface area (Å²) in [6.45, 7) is 6.10. The molecule has 1 aliphatic rings. The smallest absolute Gasteiger partial charge is 0.220 e. The van der Waals surface area contributed by atoms with E-state index in [1.54, 1.807) is 0 Å². The Hall–Kier alpha value is -1.55. The van der Waals surface area contributed by atoms with E-state index in [2.05, 4.69) is 17.4 Å². The van der Waals surface area contributed by atoms with Crippen molar-refractivity contribution in [2.45, 2.75) is 45.6 Å². The molecule has 2 rings (SSSR count). The highest BCUT2D eigenvalue weighted by atomic mass is 16.5. The number of amides is 1. The second-order valence-electron chi connectivity index (χ2n) is 5.66. The van der Waals surface area contributed by atoms with E-state index in [9.17, 15) is 4.79 Å². The summed E-state index contributed by atoms with van der Waals surface area (Å²) >= 11 is 0. The van der Waals surface area contributed by atoms with E-state index in [0.29, 0.717) is 19.6 Å². The van der Waals surface area contributed by atoms with Gasteiger partial charge < -0.3 is 14.8 Å². The fourth-order valence-electron chi connectivity index (χ4n) is 2.40. The average Bonchev–Trinajstić information content (AvgIpc) is 2.98. The number of rotatable bonds is 7. The Morgan fingerprint density at radius 2 is 2.29 bits per heavy atom. The molecule has 1 saturated heterocycles. The Labute approximate surface area is 126 Å². The second kappa shape index (κ2) is 8.03. The van der Waals surface area contributed by atoms with Gasteiger partial charge in [-0.2, -0.15) is 0 Å². The monoisotopic (exact) mass is 291 g/mol. The van der Waals surface area contributed by atoms with E-state index < -0.39 is 0 Å². The Kier molecular flexibility index (Phi) is 6.05. The summed E-state index contributed by atoms with van der Waals surface area (Å²) in [5.41, 5.74) is 2.31. The minimum Gasteiger partial charge on any atom is -0.493 e. The fraction of sp³-hybridized carbons (Fsp3) is 0.588. The van der Waals surface area contributed by atoms with Gasteiger partial charge in [0.2, 0.25) is 5.91 Å². The Morgan fingerprint density at radius 3 is 3.05 bits per heavy atom. The Bertz CT molecular complexity index is 467. The largest absolute Gasteiger partial charge is 0.493 e. The molecule has 4 heteroatoms. The first kappa shape index (κ1) is 15.8. The van der Waals surface area contributed by atoms with Crippen LogP contribution in [0.2, 0.25) is 0 Å². The van der Waals surface area contributed by atoms with Gasteiger partial charge in [-0.3, -0.25) is 4.79 Å². The molecule has 1 atom stereocenters. The van der Waals surface area contributed by atoms with E-state index >= 15 is 0 Å². The van der Waals surface area contributed by atoms with Gasteiger partial charge in [0.05, 0.1) is 12.7 Å². The van der Waals surface area contributed by atoms with Crippen molar-refractivity contribution >= 4 is 5.91 Å². The molecule has 1 amide bonds. The van der Waals surface area contributed by atoms with Crippen molar-refractivity contribution in [3.05, 3.63) is 29.3 Å². The molecule has 1 aromatic carbocycles. The molecule has 21 heavy (non-hydrogen) atoms. The lowest BCUT2D eigenvalue weighted by atomic mass is 10.1. The first-order valence-electron chi connectivity index (χ1n) is 7.73. The second-order valence-corrected chi connectivity index (χ2v) is 5.66. The van der Waals surface area contributed by atoms with Gasteiger partial charge in [0, 0.05) is 19.6 Å². The van der Waals surface area contributed by atoms with Crippen molar-refractivity contribution in [3.8, 4) is 5.75 Å². The average molecular weight is 291 g/mol. The highest BCUT2D eigenvalue weighted by Crippen LogP contribution is 2.19. The highest BCUT2D eigenvalue weighted by Gasteiger charge is 2.15. The minimum atomic E-state index is 0.0788. The van der Waals surface area contributed by atoms with Crippen molar-refractivity contribution in [1.29, 1.82) is 0 Å². The van der Waals surface area contributed by atoms with Crippen LogP contribution in [0.1, 0.15) is 36.8 Å². The molecule has 0 aliphatic carbocycles. The molecular formula is C17H25NO3. The summed E-state index contributed by atoms with van der Waals surface area (Å²) in [5, 5.41) is 2.92. The van der Waals surface area contributed by atoms with Crippen molar-refractivity contribution in [2.75, 3.05) is 19.8 Å². The molecular weight excluding hydrogens is 266 g/mol. The number of ether oxygens (including phenoxy) is 2. The summed E-state index contributed by atoms with van der Waals surface area (Å²) in [6, 6.07) is 6.16. The van der Waals surface area contributed by atoms with Crippen molar-refractivity contribution < 1.29 is 14.3 Å². The quantitative estimate of drug-likeness (QED) is 0.786. The molecule has 0 saturated carbocycles. The van der Waals surface area contributed by atoms with Crippen LogP contribution >= 0.6 is 0 Å². The van der Waals surface area contributed by atoms with Crippen molar-refractivity contribution in [3.63, 3.8) is 0 Å². The van der Waals surface area contributed by atoms with Crippen LogP contribution in [0.4, 0.5) is 0 Å². The molecule has 0 aromatic heterocycles. The Balaban J connectivity index is 1.60. The normalized spacial score (nSPS) is 17.7. The lowest BCUT2D eigenvalue weighted by Crippen LogP contribution is -2.31. The van der Waals surface area contributed by atoms with Crippen LogP contribution in [0.15, 0.2) is 18.2 Å². The highest BCUT2D eigenvalue weighted by molar-refractivity contribution is 5.75. The third-order valence-corrected chi connectivity index (χ3v) is 3.70. The number of nitrogens with one attached hydrogen (secondary N) is 1. The van der Waals surface area contributed by atoms with E-state index in [1.807, 2.05) is 19.9 Å². The topological polar surface area (TPSA) is 47.6 Å². The van der Waals surface area contributed by atoms with Gasteiger partial charge >= 0.3 is 0 Å². The maximum atomic E-state index is 11.7. The van der Waals surface area contributed by atoms with Crippen LogP contribution in [-0.2, 0) is 9.53 Å². The zero-order valence-electron chi connectivity index (χ0n) is 13.0. The van der Waals surface area contributed by atoms with Gasteiger partial charge in [-0.05, 0) is 50.3 Å². The number of hydrogen-bond donors (Lipinski definition) is 1. The molecule has 0 bridgehead atoms. The van der Waals surface area contributed by atoms with Gasteiger partial charge in [-0.15, -0.1) is 0 Å². The maximum absolute atomic E-state index is 11.7. The number of hydrogen-bond acceptors (Lipinski definition) is 3. The third-order valence-electron chi connectivity index (χ3n) is 3.70. The van der Waals surface area contributed by atoms with Gasteiger partial charge in [0.15, 0.2) is 0 Å². The van der Waals surface area contributed by atoms with Gasteiger partial charge in [-0.1, -0.05) is 12.1 Å². The molecule has 4 nitrogen and oxygen atoms in total. The van der Waals surface area contributed by atoms with E-state index in [0.717, 1.165) is 37.2 Å². The first-order valence-corrected chi connectivity index (χ1v) is 7.73. The lowest BCUT2D eigenvalue weighted by molar-refractivity contribution is -0.121. The number of carbonyl (C=O) groups excluding carboxylic acids is 1. The number of aryl methyl sites for hydroxylation is 2. The van der Waals surface area contributed by atoms with Gasteiger partial charge in [0.25, 0.3) is 0 Å². The lowest BCUT2D eigenvalue weighted by Gasteiger charge is -2.12. The number of benzene rings is 1. The molecule has 0 radical (unpaired) electrons. The van der Waals surface area contributed by atoms with Crippen LogP contribution in [0.3, 0.4) is 0 Å². The van der Waals surface area contributed by atoms with Crippen LogP contribution in [0.25, 0.3) is 0 Å². The summed E-state index contributed by atoms with van der Waals surface area (Å²) in [7, 11) is 0. The van der Waals surface area contributed by atoms with Gasteiger partial charge in [-0.25, -0.2) is 0 Å². The van der Waals surface area contributed by atoms with Gasteiger partial charge in [0.1, 0.15) is 5.75 Å². The summed E-state index contributed by atoms with van der Waals surface area (Å²) in [4.78, 5) is 11.7. The summed E-state index contributed by atoms with van der Waals surface area (Å²) in [5.74, 6) is 0.991. The zero-order chi connectivity index (χ0) is 15.1. The molecule has 1 fully saturated rings. The molecule has 0 spiro atoms. The van der Waals surface area contributed by atoms with Crippen LogP contribution in [-0.4, -0.2) is 31.8 Å². The standard InChI is InChI=1S/C17H25NO3/c1-13-7-8-14(2)16(11-13)21-10-4-6-17(19)18-12-15-5-3-9-20-15/h7-8,11,15H,3-6,9-10,12H2,1-2H3,(H,18,19)/t15-/m1/s1. The molecule has 1 heterocycles. The van der Waals surface area contributed by atoms with Crippen LogP contribution in [0, 0.1) is 13.8 Å². The van der Waals surface area contributed by atoms with Crippen molar-refractivity contribution in [2.24, 2.45) is 0 Å². The van der Waals surface area contributed by atoms with Crippen LogP contribution in [0.5, 0.6) is 5.75 Å². The first-order chi connectivity index (χ1) is 10.1. The molecule has 0 unspecified atom stereocenters. The van der Waals surface area contributed by atoms with E-state index in [4.69, 9.17) is 9.47 Å². The minimum absolute atomic E-state index is 0.0788. The summed E-state index contributed by atoms with van der Waals surface area (Å²) < 4.78 is 11.2. The van der Waals surface area contributed by atoms with E-state index in [-0.39, 0.29) is 12.0 Å². The summed E-state index contributed by atoms with van der Waals surface area (Å²) in [6.07, 6.45) is 3.59. The fourth-order valence-corrected chi connectivity index (χ4v) is 2.40. The maximum Gasteiger partial charge on any atom is 0.220 e. The third kappa shape index (κ3) is 5.38. The predicted molar refractivity (Wildman–Crippen MR) is 82.6 cm³/mol. The Morgan fingerprint density at radius 1 is 1.43 bits per heavy atom. The molecule has 1 aliphatic heterocycles. The predicted octanol–water partition coefficient (Wildman–Crippen LogP) is 2.76. The molecule has 1 aromatic rings. The zero-order valence-corrected chi connectivity index (χ0v) is 13.0.